The maximum absolute atomic E-state index is 12.9. The topological polar surface area (TPSA) is 92.3 Å². The normalized spacial score (nSPS) is 15.8. The fourth-order valence-electron chi connectivity index (χ4n) is 3.74. The number of benzene rings is 2. The quantitative estimate of drug-likeness (QED) is 0.676. The Labute approximate surface area is 182 Å². The lowest BCUT2D eigenvalue weighted by molar-refractivity contribution is 0.0924. The van der Waals surface area contributed by atoms with Gasteiger partial charge in [-0.25, -0.2) is 18.4 Å². The summed E-state index contributed by atoms with van der Waals surface area (Å²) in [5, 5.41) is 3.04. The molecule has 1 saturated heterocycles. The van der Waals surface area contributed by atoms with E-state index in [2.05, 4.69) is 15.3 Å². The van der Waals surface area contributed by atoms with Crippen molar-refractivity contribution in [2.24, 2.45) is 0 Å². The van der Waals surface area contributed by atoms with E-state index in [9.17, 15) is 13.2 Å². The predicted molar refractivity (Wildman–Crippen MR) is 119 cm³/mol. The molecule has 0 bridgehead atoms. The second-order valence-corrected chi connectivity index (χ2v) is 10.0. The van der Waals surface area contributed by atoms with Crippen molar-refractivity contribution in [3.05, 3.63) is 65.0 Å². The number of fused-ring (bicyclic) bond motifs is 1. The Hall–Kier alpha value is -2.84. The van der Waals surface area contributed by atoms with Crippen LogP contribution in [-0.4, -0.2) is 47.7 Å². The highest BCUT2D eigenvalue weighted by Gasteiger charge is 2.30. The van der Waals surface area contributed by atoms with Crippen molar-refractivity contribution in [3.8, 4) is 0 Å². The summed E-state index contributed by atoms with van der Waals surface area (Å²) in [5.74, 6) is -0.179. The maximum atomic E-state index is 12.9. The zero-order chi connectivity index (χ0) is 22.2. The molecule has 0 unspecified atom stereocenters. The van der Waals surface area contributed by atoms with E-state index in [1.807, 2.05) is 20.8 Å². The molecule has 0 radical (unpaired) electrons. The van der Waals surface area contributed by atoms with Crippen LogP contribution in [0.2, 0.25) is 0 Å². The molecule has 0 aliphatic carbocycles. The Morgan fingerprint density at radius 2 is 1.55 bits per heavy atom. The molecular formula is C23H26N4O3S. The summed E-state index contributed by atoms with van der Waals surface area (Å²) in [7, 11) is -3.51. The van der Waals surface area contributed by atoms with Crippen LogP contribution < -0.4 is 5.32 Å². The molecule has 7 nitrogen and oxygen atoms in total. The molecule has 8 heteroatoms. The molecule has 3 aromatic rings. The zero-order valence-corrected chi connectivity index (χ0v) is 18.7. The molecule has 31 heavy (non-hydrogen) atoms. The Bertz CT molecular complexity index is 1230. The van der Waals surface area contributed by atoms with Crippen LogP contribution in [0.5, 0.6) is 0 Å². The highest BCUT2D eigenvalue weighted by Crippen LogP contribution is 2.22. The van der Waals surface area contributed by atoms with Crippen molar-refractivity contribution in [3.63, 3.8) is 0 Å². The van der Waals surface area contributed by atoms with E-state index in [-0.39, 0.29) is 11.9 Å². The molecule has 162 valence electrons. The number of nitrogens with zero attached hydrogens (tertiary/aromatic N) is 3. The monoisotopic (exact) mass is 438 g/mol. The minimum Gasteiger partial charge on any atom is -0.349 e. The van der Waals surface area contributed by atoms with E-state index in [0.717, 1.165) is 22.5 Å². The van der Waals surface area contributed by atoms with Gasteiger partial charge in [-0.05, 0) is 63.9 Å². The SMILES string of the molecule is Cc1ccc(S(=O)(=O)N2CCC(NC(=O)c3ccc4nc(C)c(C)nc4c3)CC2)cc1. The third kappa shape index (κ3) is 4.45. The second kappa shape index (κ2) is 8.36. The first-order valence-electron chi connectivity index (χ1n) is 10.4. The van der Waals surface area contributed by atoms with Gasteiger partial charge in [0, 0.05) is 24.7 Å². The Morgan fingerprint density at radius 3 is 2.19 bits per heavy atom. The molecule has 1 N–H and O–H groups in total. The predicted octanol–water partition coefficient (Wildman–Crippen LogP) is 3.14. The van der Waals surface area contributed by atoms with E-state index in [4.69, 9.17) is 0 Å². The smallest absolute Gasteiger partial charge is 0.251 e. The maximum Gasteiger partial charge on any atom is 0.251 e. The van der Waals surface area contributed by atoms with Gasteiger partial charge in [0.1, 0.15) is 0 Å². The molecule has 1 amide bonds. The lowest BCUT2D eigenvalue weighted by Crippen LogP contribution is -2.46. The molecule has 1 fully saturated rings. The van der Waals surface area contributed by atoms with Crippen LogP contribution in [-0.2, 0) is 10.0 Å². The number of aromatic nitrogens is 2. The third-order valence-corrected chi connectivity index (χ3v) is 7.70. The fourth-order valence-corrected chi connectivity index (χ4v) is 5.21. The van der Waals surface area contributed by atoms with Gasteiger partial charge in [0.2, 0.25) is 10.0 Å². The van der Waals surface area contributed by atoms with Crippen molar-refractivity contribution in [2.45, 2.75) is 44.6 Å². The van der Waals surface area contributed by atoms with Gasteiger partial charge in [-0.2, -0.15) is 4.31 Å². The van der Waals surface area contributed by atoms with Gasteiger partial charge in [0.25, 0.3) is 5.91 Å². The van der Waals surface area contributed by atoms with Crippen molar-refractivity contribution in [1.29, 1.82) is 0 Å². The number of hydrogen-bond acceptors (Lipinski definition) is 5. The van der Waals surface area contributed by atoms with E-state index in [1.165, 1.54) is 4.31 Å². The number of aryl methyl sites for hydroxylation is 3. The van der Waals surface area contributed by atoms with Crippen LogP contribution in [0, 0.1) is 20.8 Å². The Kier molecular flexibility index (Phi) is 5.77. The van der Waals surface area contributed by atoms with E-state index in [1.54, 1.807) is 42.5 Å². The summed E-state index contributed by atoms with van der Waals surface area (Å²) in [4.78, 5) is 22.1. The van der Waals surface area contributed by atoms with Crippen LogP contribution in [0.3, 0.4) is 0 Å². The first kappa shape index (κ1) is 21.4. The van der Waals surface area contributed by atoms with Gasteiger partial charge in [0.15, 0.2) is 0 Å². The number of carbonyl (C=O) groups excluding carboxylic acids is 1. The van der Waals surface area contributed by atoms with Gasteiger partial charge in [-0.1, -0.05) is 17.7 Å². The summed E-state index contributed by atoms with van der Waals surface area (Å²) >= 11 is 0. The largest absolute Gasteiger partial charge is 0.349 e. The highest BCUT2D eigenvalue weighted by atomic mass is 32.2. The summed E-state index contributed by atoms with van der Waals surface area (Å²) in [6.07, 6.45) is 1.14. The number of amides is 1. The number of rotatable bonds is 4. The van der Waals surface area contributed by atoms with Crippen molar-refractivity contribution >= 4 is 27.0 Å². The number of hydrogen-bond donors (Lipinski definition) is 1. The minimum absolute atomic E-state index is 0.0708. The first-order valence-corrected chi connectivity index (χ1v) is 11.8. The molecule has 0 atom stereocenters. The van der Waals surface area contributed by atoms with Crippen LogP contribution in [0.15, 0.2) is 47.4 Å². The number of sulfonamides is 1. The van der Waals surface area contributed by atoms with Crippen molar-refractivity contribution in [1.82, 2.24) is 19.6 Å². The van der Waals surface area contributed by atoms with Gasteiger partial charge < -0.3 is 5.32 Å². The molecule has 4 rings (SSSR count). The minimum atomic E-state index is -3.51. The van der Waals surface area contributed by atoms with Crippen LogP contribution in [0.1, 0.15) is 40.2 Å². The van der Waals surface area contributed by atoms with E-state index >= 15 is 0 Å². The second-order valence-electron chi connectivity index (χ2n) is 8.06. The molecule has 0 saturated carbocycles. The van der Waals surface area contributed by atoms with Crippen LogP contribution in [0.4, 0.5) is 0 Å². The highest BCUT2D eigenvalue weighted by molar-refractivity contribution is 7.89. The average Bonchev–Trinajstić information content (AvgIpc) is 2.75. The van der Waals surface area contributed by atoms with Crippen LogP contribution in [0.25, 0.3) is 11.0 Å². The lowest BCUT2D eigenvalue weighted by atomic mass is 10.1. The number of carbonyl (C=O) groups is 1. The molecule has 1 aromatic heterocycles. The standard InChI is InChI=1S/C23H26N4O3S/c1-15-4-7-20(8-5-15)31(29,30)27-12-10-19(11-13-27)26-23(28)18-6-9-21-22(14-18)25-17(3)16(2)24-21/h4-9,14,19H,10-13H2,1-3H3,(H,26,28). The Morgan fingerprint density at radius 1 is 0.935 bits per heavy atom. The zero-order valence-electron chi connectivity index (χ0n) is 17.9. The Balaban J connectivity index is 1.40. The van der Waals surface area contributed by atoms with Crippen LogP contribution >= 0.6 is 0 Å². The molecule has 0 spiro atoms. The molecule has 1 aliphatic heterocycles. The molecule has 1 aliphatic rings. The average molecular weight is 439 g/mol. The molecular weight excluding hydrogens is 412 g/mol. The first-order chi connectivity index (χ1) is 14.7. The summed E-state index contributed by atoms with van der Waals surface area (Å²) in [6, 6.07) is 12.1. The van der Waals surface area contributed by atoms with Gasteiger partial charge >= 0.3 is 0 Å². The third-order valence-electron chi connectivity index (χ3n) is 5.79. The van der Waals surface area contributed by atoms with Gasteiger partial charge in [-0.15, -0.1) is 0 Å². The number of nitrogens with one attached hydrogen (secondary N) is 1. The van der Waals surface area contributed by atoms with Gasteiger partial charge in [-0.3, -0.25) is 4.79 Å². The summed E-state index contributed by atoms with van der Waals surface area (Å²) < 4.78 is 27.2. The molecule has 2 aromatic carbocycles. The lowest BCUT2D eigenvalue weighted by Gasteiger charge is -2.31. The molecule has 2 heterocycles. The van der Waals surface area contributed by atoms with E-state index in [0.29, 0.717) is 41.9 Å². The van der Waals surface area contributed by atoms with Crippen molar-refractivity contribution < 1.29 is 13.2 Å². The summed E-state index contributed by atoms with van der Waals surface area (Å²) in [5.41, 5.74) is 4.71. The van der Waals surface area contributed by atoms with Crippen molar-refractivity contribution in [2.75, 3.05) is 13.1 Å². The summed E-state index contributed by atoms with van der Waals surface area (Å²) in [6.45, 7) is 6.49. The van der Waals surface area contributed by atoms with E-state index < -0.39 is 10.0 Å². The number of piperidine rings is 1. The fraction of sp³-hybridized carbons (Fsp3) is 0.348. The van der Waals surface area contributed by atoms with Gasteiger partial charge in [0.05, 0.1) is 27.3 Å².